The van der Waals surface area contributed by atoms with Crippen LogP contribution in [0.4, 0.5) is 0 Å². The van der Waals surface area contributed by atoms with Crippen LogP contribution in [-0.2, 0) is 19.1 Å². The van der Waals surface area contributed by atoms with E-state index in [0.29, 0.717) is 12.2 Å². The molecule has 1 aromatic rings. The molecule has 3 atom stereocenters. The lowest BCUT2D eigenvalue weighted by atomic mass is 9.90. The van der Waals surface area contributed by atoms with Crippen LogP contribution in [0.1, 0.15) is 62.7 Å². The molecule has 1 heterocycles. The molecule has 1 fully saturated rings. The first-order valence-electron chi connectivity index (χ1n) is 11.2. The van der Waals surface area contributed by atoms with Crippen LogP contribution in [0.3, 0.4) is 0 Å². The summed E-state index contributed by atoms with van der Waals surface area (Å²) in [5, 5.41) is 18.4. The molecule has 1 aromatic heterocycles. The molecule has 0 spiro atoms. The zero-order valence-corrected chi connectivity index (χ0v) is 20.0. The molecule has 1 aliphatic carbocycles. The lowest BCUT2D eigenvalue weighted by Gasteiger charge is -2.25. The number of Topliss-reactive ketones (excluding diaryl/α,β-unsaturated/α-hetero) is 2. The molecule has 0 radical (unpaired) electrons. The highest BCUT2D eigenvalue weighted by Crippen LogP contribution is 2.47. The quantitative estimate of drug-likeness (QED) is 0.371. The summed E-state index contributed by atoms with van der Waals surface area (Å²) in [6.45, 7) is 6.77. The third-order valence-corrected chi connectivity index (χ3v) is 5.86. The molecule has 3 N–H and O–H groups in total. The van der Waals surface area contributed by atoms with Gasteiger partial charge in [-0.05, 0) is 32.1 Å². The fourth-order valence-corrected chi connectivity index (χ4v) is 3.59. The fourth-order valence-electron chi connectivity index (χ4n) is 3.59. The van der Waals surface area contributed by atoms with Gasteiger partial charge in [-0.25, -0.2) is 0 Å². The highest BCUT2D eigenvalue weighted by Gasteiger charge is 2.48. The van der Waals surface area contributed by atoms with Gasteiger partial charge in [0.1, 0.15) is 11.8 Å². The number of aryl methyl sites for hydroxylation is 1. The van der Waals surface area contributed by atoms with Gasteiger partial charge in [-0.1, -0.05) is 25.9 Å². The minimum absolute atomic E-state index is 0.00967. The zero-order chi connectivity index (χ0) is 24.8. The van der Waals surface area contributed by atoms with Gasteiger partial charge < -0.3 is 25.0 Å². The first-order valence-corrected chi connectivity index (χ1v) is 11.2. The Morgan fingerprint density at radius 2 is 1.88 bits per heavy atom. The van der Waals surface area contributed by atoms with Gasteiger partial charge in [0.25, 0.3) is 5.91 Å². The van der Waals surface area contributed by atoms with E-state index in [1.54, 1.807) is 6.92 Å². The summed E-state index contributed by atoms with van der Waals surface area (Å²) < 4.78 is 9.97. The van der Waals surface area contributed by atoms with Crippen molar-refractivity contribution in [2.75, 3.05) is 20.3 Å². The van der Waals surface area contributed by atoms with Crippen LogP contribution in [-0.4, -0.2) is 66.1 Å². The molecule has 184 valence electrons. The second-order valence-corrected chi connectivity index (χ2v) is 9.47. The number of amides is 2. The van der Waals surface area contributed by atoms with E-state index < -0.39 is 47.6 Å². The Balaban J connectivity index is 2.05. The molecular weight excluding hydrogens is 430 g/mol. The standard InChI is InChI=1S/C23H35N3O7/c1-13(2)8-16(20(29)23(4)6-7-23)24-21(30)15(12-32-5)10-19(28)18(11-27)25-22(31)17-9-14(3)33-26-17/h9,13,15-16,18,27H,6-8,10-12H2,1-5H3,(H,24,30)(H,25,31)/t15-,16-,18-/m0/s1. The number of carbonyl (C=O) groups excluding carboxylic acids is 4. The average molecular weight is 466 g/mol. The maximum atomic E-state index is 13.0. The van der Waals surface area contributed by atoms with Gasteiger partial charge in [0.15, 0.2) is 17.3 Å². The lowest BCUT2D eigenvalue weighted by molar-refractivity contribution is -0.135. The van der Waals surface area contributed by atoms with Gasteiger partial charge in [0.2, 0.25) is 5.91 Å². The average Bonchev–Trinajstić information content (AvgIpc) is 3.35. The van der Waals surface area contributed by atoms with E-state index in [4.69, 9.17) is 9.26 Å². The van der Waals surface area contributed by atoms with Crippen LogP contribution in [0.15, 0.2) is 10.6 Å². The molecule has 2 amide bonds. The highest BCUT2D eigenvalue weighted by atomic mass is 16.5. The Kier molecular flexibility index (Phi) is 9.30. The van der Waals surface area contributed by atoms with Crippen molar-refractivity contribution in [2.24, 2.45) is 17.3 Å². The van der Waals surface area contributed by atoms with Crippen LogP contribution < -0.4 is 10.6 Å². The number of nitrogens with one attached hydrogen (secondary N) is 2. The maximum Gasteiger partial charge on any atom is 0.274 e. The Hall–Kier alpha value is -2.59. The van der Waals surface area contributed by atoms with Crippen molar-refractivity contribution in [3.63, 3.8) is 0 Å². The van der Waals surface area contributed by atoms with Crippen LogP contribution in [0.2, 0.25) is 0 Å². The molecule has 2 rings (SSSR count). The molecule has 0 aliphatic heterocycles. The zero-order valence-electron chi connectivity index (χ0n) is 20.0. The van der Waals surface area contributed by atoms with E-state index >= 15 is 0 Å². The van der Waals surface area contributed by atoms with Gasteiger partial charge in [0, 0.05) is 25.0 Å². The molecule has 0 bridgehead atoms. The molecule has 0 aromatic carbocycles. The summed E-state index contributed by atoms with van der Waals surface area (Å²) in [4.78, 5) is 51.0. The van der Waals surface area contributed by atoms with Crippen molar-refractivity contribution in [3.05, 3.63) is 17.5 Å². The number of aromatic nitrogens is 1. The minimum Gasteiger partial charge on any atom is -0.394 e. The van der Waals surface area contributed by atoms with Gasteiger partial charge >= 0.3 is 0 Å². The van der Waals surface area contributed by atoms with E-state index in [1.165, 1.54) is 13.2 Å². The number of hydrogen-bond acceptors (Lipinski definition) is 8. The number of ketones is 2. The molecule has 0 unspecified atom stereocenters. The van der Waals surface area contributed by atoms with Gasteiger partial charge in [-0.3, -0.25) is 19.2 Å². The SMILES string of the molecule is COC[C@H](CC(=O)[C@H](CO)NC(=O)c1cc(C)on1)C(=O)N[C@@H](CC(C)C)C(=O)C1(C)CC1. The van der Waals surface area contributed by atoms with Crippen LogP contribution >= 0.6 is 0 Å². The third-order valence-electron chi connectivity index (χ3n) is 5.86. The second-order valence-electron chi connectivity index (χ2n) is 9.47. The number of methoxy groups -OCH3 is 1. The molecule has 1 saturated carbocycles. The van der Waals surface area contributed by atoms with E-state index in [2.05, 4.69) is 15.8 Å². The predicted molar refractivity (Wildman–Crippen MR) is 118 cm³/mol. The Morgan fingerprint density at radius 3 is 2.36 bits per heavy atom. The van der Waals surface area contributed by atoms with Crippen LogP contribution in [0.25, 0.3) is 0 Å². The number of rotatable bonds is 14. The smallest absolute Gasteiger partial charge is 0.274 e. The number of hydrogen-bond donors (Lipinski definition) is 3. The van der Waals surface area contributed by atoms with Crippen molar-refractivity contribution in [3.8, 4) is 0 Å². The van der Waals surface area contributed by atoms with Gasteiger partial charge in [-0.15, -0.1) is 0 Å². The van der Waals surface area contributed by atoms with Crippen molar-refractivity contribution in [1.29, 1.82) is 0 Å². The lowest BCUT2D eigenvalue weighted by Crippen LogP contribution is -2.49. The van der Waals surface area contributed by atoms with Gasteiger partial charge in [0.05, 0.1) is 25.2 Å². The van der Waals surface area contributed by atoms with Crippen LogP contribution in [0.5, 0.6) is 0 Å². The highest BCUT2D eigenvalue weighted by molar-refractivity contribution is 5.98. The normalized spacial score (nSPS) is 17.2. The van der Waals surface area contributed by atoms with Gasteiger partial charge in [-0.2, -0.15) is 0 Å². The number of aliphatic hydroxyl groups excluding tert-OH is 1. The molecule has 10 heteroatoms. The predicted octanol–water partition coefficient (Wildman–Crippen LogP) is 1.20. The summed E-state index contributed by atoms with van der Waals surface area (Å²) >= 11 is 0. The third kappa shape index (κ3) is 7.46. The van der Waals surface area contributed by atoms with E-state index in [-0.39, 0.29) is 30.4 Å². The maximum absolute atomic E-state index is 13.0. The summed E-state index contributed by atoms with van der Waals surface area (Å²) in [5.41, 5.74) is -0.418. The summed E-state index contributed by atoms with van der Waals surface area (Å²) in [5.74, 6) is -1.93. The van der Waals surface area contributed by atoms with E-state index in [0.717, 1.165) is 12.8 Å². The number of ether oxygens (including phenoxy) is 1. The van der Waals surface area contributed by atoms with Crippen molar-refractivity contribution in [2.45, 2.75) is 65.5 Å². The van der Waals surface area contributed by atoms with Crippen molar-refractivity contribution >= 4 is 23.4 Å². The second kappa shape index (κ2) is 11.5. The van der Waals surface area contributed by atoms with Crippen molar-refractivity contribution < 1.29 is 33.5 Å². The first-order chi connectivity index (χ1) is 15.5. The summed E-state index contributed by atoms with van der Waals surface area (Å²) in [7, 11) is 1.41. The molecule has 10 nitrogen and oxygen atoms in total. The Bertz CT molecular complexity index is 860. The number of carbonyl (C=O) groups is 4. The molecule has 0 saturated heterocycles. The number of nitrogens with zero attached hydrogens (tertiary/aromatic N) is 1. The largest absolute Gasteiger partial charge is 0.394 e. The van der Waals surface area contributed by atoms with E-state index in [1.807, 2.05) is 20.8 Å². The first kappa shape index (κ1) is 26.7. The minimum atomic E-state index is -1.22. The Labute approximate surface area is 193 Å². The fraction of sp³-hybridized carbons (Fsp3) is 0.696. The number of aliphatic hydroxyl groups is 1. The molecular formula is C23H35N3O7. The van der Waals surface area contributed by atoms with E-state index in [9.17, 15) is 24.3 Å². The van der Waals surface area contributed by atoms with Crippen LogP contribution in [0, 0.1) is 24.2 Å². The molecule has 1 aliphatic rings. The van der Waals surface area contributed by atoms with Crippen molar-refractivity contribution in [1.82, 2.24) is 15.8 Å². The topological polar surface area (TPSA) is 148 Å². The monoisotopic (exact) mass is 465 g/mol. The molecule has 33 heavy (non-hydrogen) atoms. The summed E-state index contributed by atoms with van der Waals surface area (Å²) in [6, 6.07) is -0.454. The Morgan fingerprint density at radius 1 is 1.21 bits per heavy atom. The summed E-state index contributed by atoms with van der Waals surface area (Å²) in [6.07, 6.45) is 1.83.